The van der Waals surface area contributed by atoms with E-state index in [0.717, 1.165) is 10.8 Å². The van der Waals surface area contributed by atoms with E-state index in [4.69, 9.17) is 18.9 Å². The fourth-order valence-electron chi connectivity index (χ4n) is 2.19. The SMILES string of the molecule is C=C(C)C(=O)OCCNC(=O)Oc1ccc2c(OC(C)OC)cccc2c1. The lowest BCUT2D eigenvalue weighted by molar-refractivity contribution is -0.138. The zero-order chi connectivity index (χ0) is 19.8. The summed E-state index contributed by atoms with van der Waals surface area (Å²) in [6, 6.07) is 10.8. The van der Waals surface area contributed by atoms with Crippen LogP contribution in [0.3, 0.4) is 0 Å². The fourth-order valence-corrected chi connectivity index (χ4v) is 2.19. The zero-order valence-electron chi connectivity index (χ0n) is 15.6. The molecule has 0 heterocycles. The number of rotatable bonds is 8. The molecule has 7 heteroatoms. The average molecular weight is 373 g/mol. The van der Waals surface area contributed by atoms with Gasteiger partial charge < -0.3 is 24.3 Å². The second-order valence-electron chi connectivity index (χ2n) is 5.79. The van der Waals surface area contributed by atoms with Crippen molar-refractivity contribution in [2.24, 2.45) is 0 Å². The number of methoxy groups -OCH3 is 1. The van der Waals surface area contributed by atoms with E-state index in [9.17, 15) is 9.59 Å². The zero-order valence-corrected chi connectivity index (χ0v) is 15.6. The molecule has 0 radical (unpaired) electrons. The van der Waals surface area contributed by atoms with E-state index < -0.39 is 12.1 Å². The van der Waals surface area contributed by atoms with Gasteiger partial charge >= 0.3 is 12.1 Å². The van der Waals surface area contributed by atoms with Gasteiger partial charge in [-0.05, 0) is 43.5 Å². The Balaban J connectivity index is 1.94. The predicted molar refractivity (Wildman–Crippen MR) is 101 cm³/mol. The van der Waals surface area contributed by atoms with E-state index in [2.05, 4.69) is 11.9 Å². The number of hydrogen-bond acceptors (Lipinski definition) is 6. The van der Waals surface area contributed by atoms with Crippen molar-refractivity contribution >= 4 is 22.8 Å². The second kappa shape index (κ2) is 9.59. The number of carbonyl (C=O) groups is 2. The van der Waals surface area contributed by atoms with Crippen molar-refractivity contribution in [1.82, 2.24) is 5.32 Å². The Hall–Kier alpha value is -3.06. The average Bonchev–Trinajstić information content (AvgIpc) is 2.64. The second-order valence-corrected chi connectivity index (χ2v) is 5.79. The van der Waals surface area contributed by atoms with Crippen LogP contribution in [0.1, 0.15) is 13.8 Å². The van der Waals surface area contributed by atoms with E-state index in [1.165, 1.54) is 0 Å². The molecule has 0 aliphatic rings. The summed E-state index contributed by atoms with van der Waals surface area (Å²) in [5.74, 6) is 0.563. The third kappa shape index (κ3) is 6.00. The van der Waals surface area contributed by atoms with Gasteiger partial charge in [-0.1, -0.05) is 18.7 Å². The Morgan fingerprint density at radius 1 is 1.22 bits per heavy atom. The summed E-state index contributed by atoms with van der Waals surface area (Å²) in [6.45, 7) is 7.00. The van der Waals surface area contributed by atoms with Crippen LogP contribution >= 0.6 is 0 Å². The Morgan fingerprint density at radius 2 is 2.00 bits per heavy atom. The highest BCUT2D eigenvalue weighted by Crippen LogP contribution is 2.29. The van der Waals surface area contributed by atoms with E-state index in [0.29, 0.717) is 17.1 Å². The summed E-state index contributed by atoms with van der Waals surface area (Å²) in [5, 5.41) is 4.24. The van der Waals surface area contributed by atoms with Crippen LogP contribution in [-0.4, -0.2) is 38.6 Å². The molecule has 0 fully saturated rings. The fraction of sp³-hybridized carbons (Fsp3) is 0.300. The van der Waals surface area contributed by atoms with Crippen molar-refractivity contribution in [2.75, 3.05) is 20.3 Å². The molecule has 7 nitrogen and oxygen atoms in total. The van der Waals surface area contributed by atoms with Gasteiger partial charge in [-0.25, -0.2) is 9.59 Å². The van der Waals surface area contributed by atoms with Crippen molar-refractivity contribution in [1.29, 1.82) is 0 Å². The number of esters is 1. The van der Waals surface area contributed by atoms with E-state index in [-0.39, 0.29) is 19.4 Å². The monoisotopic (exact) mass is 373 g/mol. The number of amides is 1. The number of fused-ring (bicyclic) bond motifs is 1. The number of ether oxygens (including phenoxy) is 4. The highest BCUT2D eigenvalue weighted by molar-refractivity contribution is 5.90. The van der Waals surface area contributed by atoms with Crippen molar-refractivity contribution in [3.63, 3.8) is 0 Å². The number of benzene rings is 2. The molecule has 0 aliphatic heterocycles. The molecule has 1 N–H and O–H groups in total. The first-order valence-corrected chi connectivity index (χ1v) is 8.41. The van der Waals surface area contributed by atoms with E-state index >= 15 is 0 Å². The van der Waals surface area contributed by atoms with E-state index in [1.54, 1.807) is 33.1 Å². The summed E-state index contributed by atoms with van der Waals surface area (Å²) >= 11 is 0. The highest BCUT2D eigenvalue weighted by Gasteiger charge is 2.09. The smallest absolute Gasteiger partial charge is 0.412 e. The molecule has 2 aromatic rings. The maximum atomic E-state index is 11.8. The summed E-state index contributed by atoms with van der Waals surface area (Å²) in [5.41, 5.74) is 0.303. The molecule has 0 saturated carbocycles. The number of nitrogens with one attached hydrogen (secondary N) is 1. The Kier molecular flexibility index (Phi) is 7.19. The molecular weight excluding hydrogens is 350 g/mol. The molecule has 0 saturated heterocycles. The molecule has 0 bridgehead atoms. The normalized spacial score (nSPS) is 11.5. The lowest BCUT2D eigenvalue weighted by atomic mass is 10.1. The molecule has 27 heavy (non-hydrogen) atoms. The molecule has 1 atom stereocenters. The molecule has 1 unspecified atom stereocenters. The first-order chi connectivity index (χ1) is 12.9. The molecule has 2 aromatic carbocycles. The van der Waals surface area contributed by atoms with Crippen LogP contribution in [0, 0.1) is 0 Å². The first kappa shape index (κ1) is 20.3. The first-order valence-electron chi connectivity index (χ1n) is 8.41. The van der Waals surface area contributed by atoms with Crippen molar-refractivity contribution in [3.8, 4) is 11.5 Å². The topological polar surface area (TPSA) is 83.1 Å². The van der Waals surface area contributed by atoms with Gasteiger partial charge in [0, 0.05) is 18.1 Å². The molecule has 0 aromatic heterocycles. The maximum Gasteiger partial charge on any atom is 0.412 e. The maximum absolute atomic E-state index is 11.8. The predicted octanol–water partition coefficient (Wildman–Crippen LogP) is 3.42. The Labute approximate surface area is 157 Å². The molecule has 2 rings (SSSR count). The Bertz CT molecular complexity index is 832. The van der Waals surface area contributed by atoms with Gasteiger partial charge in [0.05, 0.1) is 6.54 Å². The van der Waals surface area contributed by atoms with Crippen molar-refractivity contribution in [3.05, 3.63) is 48.6 Å². The minimum Gasteiger partial charge on any atom is -0.465 e. The van der Waals surface area contributed by atoms with Crippen LogP contribution in [0.15, 0.2) is 48.6 Å². The third-order valence-electron chi connectivity index (χ3n) is 3.60. The van der Waals surface area contributed by atoms with Gasteiger partial charge in [0.25, 0.3) is 0 Å². The van der Waals surface area contributed by atoms with Crippen LogP contribution in [0.5, 0.6) is 11.5 Å². The van der Waals surface area contributed by atoms with Gasteiger partial charge in [0.15, 0.2) is 6.29 Å². The summed E-state index contributed by atoms with van der Waals surface area (Å²) in [7, 11) is 1.57. The third-order valence-corrected chi connectivity index (χ3v) is 3.60. The van der Waals surface area contributed by atoms with Crippen LogP contribution in [0.2, 0.25) is 0 Å². The van der Waals surface area contributed by atoms with Crippen LogP contribution in [0.25, 0.3) is 10.8 Å². The molecule has 1 amide bonds. The minimum atomic E-state index is -0.638. The van der Waals surface area contributed by atoms with Gasteiger partial charge in [0.2, 0.25) is 0 Å². The summed E-state index contributed by atoms with van der Waals surface area (Å²) in [6.07, 6.45) is -1.02. The summed E-state index contributed by atoms with van der Waals surface area (Å²) < 4.78 is 21.0. The lowest BCUT2D eigenvalue weighted by Crippen LogP contribution is -2.30. The van der Waals surface area contributed by atoms with E-state index in [1.807, 2.05) is 24.3 Å². The molecule has 0 aliphatic carbocycles. The van der Waals surface area contributed by atoms with Crippen molar-refractivity contribution < 1.29 is 28.5 Å². The standard InChI is InChI=1S/C20H23NO6/c1-13(2)19(22)25-11-10-21-20(23)27-16-8-9-17-15(12-16)6-5-7-18(17)26-14(3)24-4/h5-9,12,14H,1,10-11H2,2-4H3,(H,21,23). The Morgan fingerprint density at radius 3 is 2.70 bits per heavy atom. The summed E-state index contributed by atoms with van der Waals surface area (Å²) in [4.78, 5) is 23.1. The van der Waals surface area contributed by atoms with Gasteiger partial charge in [-0.2, -0.15) is 0 Å². The highest BCUT2D eigenvalue weighted by atomic mass is 16.7. The number of carbonyl (C=O) groups excluding carboxylic acids is 2. The van der Waals surface area contributed by atoms with Crippen LogP contribution in [-0.2, 0) is 14.3 Å². The van der Waals surface area contributed by atoms with Crippen LogP contribution < -0.4 is 14.8 Å². The van der Waals surface area contributed by atoms with Gasteiger partial charge in [-0.15, -0.1) is 0 Å². The lowest BCUT2D eigenvalue weighted by Gasteiger charge is -2.15. The van der Waals surface area contributed by atoms with Crippen molar-refractivity contribution in [2.45, 2.75) is 20.1 Å². The largest absolute Gasteiger partial charge is 0.465 e. The molecular formula is C20H23NO6. The van der Waals surface area contributed by atoms with Crippen LogP contribution in [0.4, 0.5) is 4.79 Å². The quantitative estimate of drug-likeness (QED) is 0.330. The minimum absolute atomic E-state index is 0.0386. The van der Waals surface area contributed by atoms with Gasteiger partial charge in [0.1, 0.15) is 18.1 Å². The molecule has 0 spiro atoms. The molecule has 144 valence electrons. The van der Waals surface area contributed by atoms with Gasteiger partial charge in [-0.3, -0.25) is 0 Å². The number of hydrogen-bond donors (Lipinski definition) is 1.